The van der Waals surface area contributed by atoms with Crippen molar-refractivity contribution in [3.05, 3.63) is 80.5 Å². The Morgan fingerprint density at radius 2 is 2.00 bits per heavy atom. The molecule has 1 aromatic heterocycles. The molecule has 0 atom stereocenters. The van der Waals surface area contributed by atoms with Crippen molar-refractivity contribution in [2.45, 2.75) is 0 Å². The SMILES string of the molecule is O=C(N/N=C\c1ccc(-c2ccc(Br)cc2[N+](=O)[O-])o1)c1ccccc1O. The Hall–Kier alpha value is -3.46. The number of benzene rings is 2. The predicted octanol–water partition coefficient (Wildman–Crippen LogP) is 4.09. The Balaban J connectivity index is 1.75. The van der Waals surface area contributed by atoms with E-state index in [1.54, 1.807) is 36.4 Å². The molecular formula is C18H12BrN3O5. The van der Waals surface area contributed by atoms with Gasteiger partial charge in [0.25, 0.3) is 11.6 Å². The van der Waals surface area contributed by atoms with E-state index in [1.165, 1.54) is 24.4 Å². The first-order valence-electron chi connectivity index (χ1n) is 7.61. The van der Waals surface area contributed by atoms with Crippen molar-refractivity contribution >= 4 is 33.7 Å². The molecule has 27 heavy (non-hydrogen) atoms. The maximum atomic E-state index is 11.9. The number of halogens is 1. The summed E-state index contributed by atoms with van der Waals surface area (Å²) in [5.41, 5.74) is 2.57. The highest BCUT2D eigenvalue weighted by atomic mass is 79.9. The van der Waals surface area contributed by atoms with E-state index >= 15 is 0 Å². The first kappa shape index (κ1) is 18.3. The van der Waals surface area contributed by atoms with Crippen molar-refractivity contribution in [3.8, 4) is 17.1 Å². The summed E-state index contributed by atoms with van der Waals surface area (Å²) in [5, 5.41) is 24.6. The maximum absolute atomic E-state index is 11.9. The Labute approximate surface area is 161 Å². The fraction of sp³-hybridized carbons (Fsp3) is 0. The highest BCUT2D eigenvalue weighted by molar-refractivity contribution is 9.10. The highest BCUT2D eigenvalue weighted by Gasteiger charge is 2.18. The number of phenols is 1. The topological polar surface area (TPSA) is 118 Å². The van der Waals surface area contributed by atoms with E-state index in [-0.39, 0.29) is 17.0 Å². The lowest BCUT2D eigenvalue weighted by Crippen LogP contribution is -2.17. The third-order valence-electron chi connectivity index (χ3n) is 3.56. The van der Waals surface area contributed by atoms with Gasteiger partial charge >= 0.3 is 0 Å². The van der Waals surface area contributed by atoms with Gasteiger partial charge in [-0.1, -0.05) is 28.1 Å². The minimum atomic E-state index is -0.584. The van der Waals surface area contributed by atoms with Crippen molar-refractivity contribution < 1.29 is 19.2 Å². The molecule has 9 heteroatoms. The summed E-state index contributed by atoms with van der Waals surface area (Å²) in [6, 6.07) is 13.8. The number of phenolic OH excluding ortho intramolecular Hbond substituents is 1. The number of nitrogens with zero attached hydrogens (tertiary/aromatic N) is 2. The van der Waals surface area contributed by atoms with Crippen molar-refractivity contribution in [2.75, 3.05) is 0 Å². The van der Waals surface area contributed by atoms with Gasteiger partial charge in [-0.25, -0.2) is 5.43 Å². The lowest BCUT2D eigenvalue weighted by molar-refractivity contribution is -0.384. The average molecular weight is 430 g/mol. The fourth-order valence-corrected chi connectivity index (χ4v) is 2.66. The van der Waals surface area contributed by atoms with E-state index in [9.17, 15) is 20.0 Å². The van der Waals surface area contributed by atoms with E-state index in [0.29, 0.717) is 21.6 Å². The lowest BCUT2D eigenvalue weighted by Gasteiger charge is -2.01. The largest absolute Gasteiger partial charge is 0.507 e. The first-order valence-corrected chi connectivity index (χ1v) is 8.40. The Bertz CT molecular complexity index is 1040. The van der Waals surface area contributed by atoms with Gasteiger partial charge in [-0.3, -0.25) is 14.9 Å². The molecule has 3 aromatic rings. The molecule has 0 unspecified atom stereocenters. The Morgan fingerprint density at radius 1 is 1.22 bits per heavy atom. The van der Waals surface area contributed by atoms with E-state index < -0.39 is 10.8 Å². The van der Waals surface area contributed by atoms with Crippen LogP contribution >= 0.6 is 15.9 Å². The van der Waals surface area contributed by atoms with Gasteiger partial charge in [0.05, 0.1) is 22.3 Å². The molecule has 0 radical (unpaired) electrons. The number of amides is 1. The molecule has 0 spiro atoms. The maximum Gasteiger partial charge on any atom is 0.281 e. The number of hydrogen-bond donors (Lipinski definition) is 2. The number of para-hydroxylation sites is 1. The second-order valence-electron chi connectivity index (χ2n) is 5.34. The van der Waals surface area contributed by atoms with Gasteiger partial charge in [0.1, 0.15) is 17.3 Å². The number of hydrazone groups is 1. The summed E-state index contributed by atoms with van der Waals surface area (Å²) >= 11 is 3.20. The second-order valence-corrected chi connectivity index (χ2v) is 6.25. The smallest absolute Gasteiger partial charge is 0.281 e. The number of carbonyl (C=O) groups excluding carboxylic acids is 1. The monoisotopic (exact) mass is 429 g/mol. The number of carbonyl (C=O) groups is 1. The quantitative estimate of drug-likeness (QED) is 0.359. The van der Waals surface area contributed by atoms with Crippen LogP contribution in [0, 0.1) is 10.1 Å². The van der Waals surface area contributed by atoms with Gasteiger partial charge in [-0.15, -0.1) is 0 Å². The number of rotatable bonds is 5. The lowest BCUT2D eigenvalue weighted by atomic mass is 10.1. The number of nitro benzene ring substituents is 1. The van der Waals surface area contributed by atoms with E-state index in [4.69, 9.17) is 4.42 Å². The van der Waals surface area contributed by atoms with Gasteiger partial charge in [-0.2, -0.15) is 5.10 Å². The number of aromatic hydroxyl groups is 1. The Morgan fingerprint density at radius 3 is 2.74 bits per heavy atom. The number of hydrogen-bond acceptors (Lipinski definition) is 6. The summed E-state index contributed by atoms with van der Waals surface area (Å²) in [4.78, 5) is 22.7. The van der Waals surface area contributed by atoms with Crippen LogP contribution in [-0.2, 0) is 0 Å². The Kier molecular flexibility index (Phi) is 5.32. The van der Waals surface area contributed by atoms with Crippen LogP contribution in [0.1, 0.15) is 16.1 Å². The van der Waals surface area contributed by atoms with Crippen LogP contribution < -0.4 is 5.43 Å². The molecule has 0 aliphatic carbocycles. The van der Waals surface area contributed by atoms with Crippen LogP contribution in [0.2, 0.25) is 0 Å². The molecule has 0 aliphatic heterocycles. The average Bonchev–Trinajstić information content (AvgIpc) is 3.10. The van der Waals surface area contributed by atoms with Crippen LogP contribution in [-0.4, -0.2) is 22.2 Å². The minimum Gasteiger partial charge on any atom is -0.507 e. The standard InChI is InChI=1S/C18H12BrN3O5/c19-11-5-7-13(15(9-11)22(25)26)17-8-6-12(27-17)10-20-21-18(24)14-3-1-2-4-16(14)23/h1-10,23H,(H,21,24)/b20-10-. The zero-order valence-corrected chi connectivity index (χ0v) is 15.2. The number of nitrogens with one attached hydrogen (secondary N) is 1. The molecule has 1 amide bonds. The summed E-state index contributed by atoms with van der Waals surface area (Å²) in [7, 11) is 0. The molecule has 8 nitrogen and oxygen atoms in total. The molecule has 0 fully saturated rings. The van der Waals surface area contributed by atoms with Gasteiger partial charge in [0, 0.05) is 10.5 Å². The van der Waals surface area contributed by atoms with Gasteiger partial charge < -0.3 is 9.52 Å². The molecule has 136 valence electrons. The van der Waals surface area contributed by atoms with Gasteiger partial charge in [-0.05, 0) is 36.4 Å². The van der Waals surface area contributed by atoms with Crippen molar-refractivity contribution in [3.63, 3.8) is 0 Å². The molecule has 1 heterocycles. The van der Waals surface area contributed by atoms with Gasteiger partial charge in [0.2, 0.25) is 0 Å². The second kappa shape index (κ2) is 7.83. The fourth-order valence-electron chi connectivity index (χ4n) is 2.31. The van der Waals surface area contributed by atoms with Crippen molar-refractivity contribution in [1.29, 1.82) is 0 Å². The van der Waals surface area contributed by atoms with Crippen LogP contribution in [0.3, 0.4) is 0 Å². The normalized spacial score (nSPS) is 10.9. The number of nitro groups is 1. The van der Waals surface area contributed by atoms with Crippen LogP contribution in [0.15, 0.2) is 68.6 Å². The first-order chi connectivity index (χ1) is 13.0. The molecule has 2 N–H and O–H groups in total. The zero-order chi connectivity index (χ0) is 19.4. The summed E-state index contributed by atoms with van der Waals surface area (Å²) < 4.78 is 6.12. The van der Waals surface area contributed by atoms with E-state index in [0.717, 1.165) is 0 Å². The summed E-state index contributed by atoms with van der Waals surface area (Å²) in [5.74, 6) is -0.157. The highest BCUT2D eigenvalue weighted by Crippen LogP contribution is 2.33. The molecule has 0 saturated carbocycles. The van der Waals surface area contributed by atoms with Crippen LogP contribution in [0.5, 0.6) is 5.75 Å². The van der Waals surface area contributed by atoms with E-state index in [2.05, 4.69) is 26.5 Å². The van der Waals surface area contributed by atoms with Gasteiger partial charge in [0.15, 0.2) is 0 Å². The number of furan rings is 1. The minimum absolute atomic E-state index is 0.0836. The van der Waals surface area contributed by atoms with Crippen LogP contribution in [0.4, 0.5) is 5.69 Å². The molecular weight excluding hydrogens is 418 g/mol. The molecule has 0 saturated heterocycles. The third kappa shape index (κ3) is 4.21. The predicted molar refractivity (Wildman–Crippen MR) is 102 cm³/mol. The molecule has 2 aromatic carbocycles. The van der Waals surface area contributed by atoms with E-state index in [1.807, 2.05) is 0 Å². The molecule has 0 bridgehead atoms. The molecule has 0 aliphatic rings. The summed E-state index contributed by atoms with van der Waals surface area (Å²) in [6.45, 7) is 0. The summed E-state index contributed by atoms with van der Waals surface area (Å²) in [6.07, 6.45) is 1.26. The van der Waals surface area contributed by atoms with Crippen molar-refractivity contribution in [2.24, 2.45) is 5.10 Å². The van der Waals surface area contributed by atoms with Crippen LogP contribution in [0.25, 0.3) is 11.3 Å². The third-order valence-corrected chi connectivity index (χ3v) is 4.05. The van der Waals surface area contributed by atoms with Crippen molar-refractivity contribution in [1.82, 2.24) is 5.43 Å². The molecule has 3 rings (SSSR count). The zero-order valence-electron chi connectivity index (χ0n) is 13.6.